The number of amides is 1. The van der Waals surface area contributed by atoms with Gasteiger partial charge < -0.3 is 10.3 Å². The summed E-state index contributed by atoms with van der Waals surface area (Å²) in [6.45, 7) is 0.443. The van der Waals surface area contributed by atoms with Crippen molar-refractivity contribution >= 4 is 40.2 Å². The Kier molecular flexibility index (Phi) is 4.22. The zero-order valence-corrected chi connectivity index (χ0v) is 12.9. The van der Waals surface area contributed by atoms with Crippen LogP contribution in [0.5, 0.6) is 0 Å². The standard InChI is InChI=1S/C15H15ClN2O2S/c16-4-5-17-14(19)9-1-2-13-11(7-9)10-3-6-21-8-12(10)15(20)18-13/h1-2,7H,3-6,8H2,(H,17,19)(H,18,20). The maximum absolute atomic E-state index is 12.1. The quantitative estimate of drug-likeness (QED) is 0.852. The summed E-state index contributed by atoms with van der Waals surface area (Å²) in [5, 5.41) is 3.73. The molecule has 0 bridgehead atoms. The topological polar surface area (TPSA) is 62.0 Å². The highest BCUT2D eigenvalue weighted by Gasteiger charge is 2.17. The van der Waals surface area contributed by atoms with Crippen molar-refractivity contribution in [1.82, 2.24) is 10.3 Å². The maximum atomic E-state index is 12.1. The zero-order chi connectivity index (χ0) is 14.8. The average molecular weight is 323 g/mol. The zero-order valence-electron chi connectivity index (χ0n) is 11.4. The fourth-order valence-electron chi connectivity index (χ4n) is 2.59. The molecule has 0 unspecified atom stereocenters. The van der Waals surface area contributed by atoms with Crippen LogP contribution in [0.15, 0.2) is 23.0 Å². The Hall–Kier alpha value is -1.46. The van der Waals surface area contributed by atoms with E-state index in [-0.39, 0.29) is 11.5 Å². The number of halogens is 1. The van der Waals surface area contributed by atoms with Gasteiger partial charge in [0.25, 0.3) is 11.5 Å². The number of carbonyl (C=O) groups is 1. The Bertz CT molecular complexity index is 757. The Morgan fingerprint density at radius 3 is 3.05 bits per heavy atom. The van der Waals surface area contributed by atoms with Crippen LogP contribution in [0.2, 0.25) is 0 Å². The molecule has 3 rings (SSSR count). The second-order valence-electron chi connectivity index (χ2n) is 4.92. The van der Waals surface area contributed by atoms with E-state index >= 15 is 0 Å². The smallest absolute Gasteiger partial charge is 0.252 e. The lowest BCUT2D eigenvalue weighted by molar-refractivity contribution is 0.0956. The van der Waals surface area contributed by atoms with Crippen LogP contribution < -0.4 is 10.9 Å². The summed E-state index contributed by atoms with van der Waals surface area (Å²) < 4.78 is 0. The van der Waals surface area contributed by atoms with E-state index in [1.54, 1.807) is 23.9 Å². The number of carbonyl (C=O) groups excluding carboxylic acids is 1. The number of aromatic nitrogens is 1. The number of hydrogen-bond donors (Lipinski definition) is 2. The highest BCUT2D eigenvalue weighted by Crippen LogP contribution is 2.28. The molecule has 0 fully saturated rings. The van der Waals surface area contributed by atoms with Gasteiger partial charge in [0.1, 0.15) is 0 Å². The summed E-state index contributed by atoms with van der Waals surface area (Å²) in [5.74, 6) is 2.00. The van der Waals surface area contributed by atoms with Gasteiger partial charge in [-0.3, -0.25) is 9.59 Å². The number of thioether (sulfide) groups is 1. The second-order valence-corrected chi connectivity index (χ2v) is 6.40. The van der Waals surface area contributed by atoms with E-state index in [2.05, 4.69) is 10.3 Å². The molecule has 1 amide bonds. The number of pyridine rings is 1. The van der Waals surface area contributed by atoms with Gasteiger partial charge in [0.15, 0.2) is 0 Å². The van der Waals surface area contributed by atoms with Gasteiger partial charge in [-0.25, -0.2) is 0 Å². The van der Waals surface area contributed by atoms with Crippen molar-refractivity contribution in [2.24, 2.45) is 0 Å². The lowest BCUT2D eigenvalue weighted by Crippen LogP contribution is -2.25. The predicted molar refractivity (Wildman–Crippen MR) is 87.5 cm³/mol. The van der Waals surface area contributed by atoms with Crippen molar-refractivity contribution in [2.45, 2.75) is 12.2 Å². The van der Waals surface area contributed by atoms with E-state index in [0.717, 1.165) is 40.0 Å². The van der Waals surface area contributed by atoms with E-state index < -0.39 is 0 Å². The van der Waals surface area contributed by atoms with Gasteiger partial charge >= 0.3 is 0 Å². The summed E-state index contributed by atoms with van der Waals surface area (Å²) in [5.41, 5.74) is 3.31. The maximum Gasteiger partial charge on any atom is 0.252 e. The monoisotopic (exact) mass is 322 g/mol. The summed E-state index contributed by atoms with van der Waals surface area (Å²) in [6, 6.07) is 5.39. The van der Waals surface area contributed by atoms with E-state index in [4.69, 9.17) is 11.6 Å². The number of aromatic amines is 1. The number of H-pyrrole nitrogens is 1. The SMILES string of the molecule is O=C(NCCCl)c1ccc2[nH]c(=O)c3c(c2c1)CCSC3. The molecule has 0 saturated carbocycles. The van der Waals surface area contributed by atoms with Gasteiger partial charge in [-0.2, -0.15) is 11.8 Å². The number of nitrogens with one attached hydrogen (secondary N) is 2. The van der Waals surface area contributed by atoms with Crippen molar-refractivity contribution in [3.8, 4) is 0 Å². The minimum Gasteiger partial charge on any atom is -0.351 e. The number of benzene rings is 1. The van der Waals surface area contributed by atoms with Crippen molar-refractivity contribution in [3.05, 3.63) is 45.2 Å². The van der Waals surface area contributed by atoms with E-state index in [9.17, 15) is 9.59 Å². The average Bonchev–Trinajstić information content (AvgIpc) is 2.52. The van der Waals surface area contributed by atoms with Crippen LogP contribution in [0.3, 0.4) is 0 Å². The van der Waals surface area contributed by atoms with Crippen molar-refractivity contribution in [2.75, 3.05) is 18.2 Å². The summed E-state index contributed by atoms with van der Waals surface area (Å²) >= 11 is 7.35. The second kappa shape index (κ2) is 6.12. The van der Waals surface area contributed by atoms with Gasteiger partial charge in [0.2, 0.25) is 0 Å². The van der Waals surface area contributed by atoms with Crippen molar-refractivity contribution in [1.29, 1.82) is 0 Å². The fraction of sp³-hybridized carbons (Fsp3) is 0.333. The van der Waals surface area contributed by atoms with Crippen LogP contribution in [0.1, 0.15) is 21.5 Å². The third-order valence-electron chi connectivity index (χ3n) is 3.62. The molecular weight excluding hydrogens is 308 g/mol. The number of rotatable bonds is 3. The normalized spacial score (nSPS) is 14.0. The fourth-order valence-corrected chi connectivity index (χ4v) is 3.69. The molecule has 1 aliphatic rings. The molecule has 21 heavy (non-hydrogen) atoms. The molecule has 0 spiro atoms. The third-order valence-corrected chi connectivity index (χ3v) is 4.79. The van der Waals surface area contributed by atoms with Crippen LogP contribution >= 0.6 is 23.4 Å². The molecule has 2 N–H and O–H groups in total. The highest BCUT2D eigenvalue weighted by molar-refractivity contribution is 7.98. The molecule has 2 heterocycles. The van der Waals surface area contributed by atoms with E-state index in [1.165, 1.54) is 0 Å². The molecule has 4 nitrogen and oxygen atoms in total. The molecule has 1 aromatic carbocycles. The molecule has 110 valence electrons. The minimum atomic E-state index is -0.136. The van der Waals surface area contributed by atoms with Crippen LogP contribution in [0.25, 0.3) is 10.9 Å². The first-order valence-electron chi connectivity index (χ1n) is 6.80. The number of fused-ring (bicyclic) bond motifs is 3. The van der Waals surface area contributed by atoms with Crippen LogP contribution in [-0.2, 0) is 12.2 Å². The number of hydrogen-bond acceptors (Lipinski definition) is 3. The number of alkyl halides is 1. The molecular formula is C15H15ClN2O2S. The first-order valence-corrected chi connectivity index (χ1v) is 8.49. The van der Waals surface area contributed by atoms with Crippen LogP contribution in [0.4, 0.5) is 0 Å². The van der Waals surface area contributed by atoms with Gasteiger partial charge in [0.05, 0.1) is 0 Å². The first-order chi connectivity index (χ1) is 10.2. The molecule has 1 aliphatic heterocycles. The lowest BCUT2D eigenvalue weighted by Gasteiger charge is -2.17. The number of aryl methyl sites for hydroxylation is 1. The Labute approximate surface area is 131 Å². The largest absolute Gasteiger partial charge is 0.351 e. The molecule has 6 heteroatoms. The third kappa shape index (κ3) is 2.80. The van der Waals surface area contributed by atoms with Gasteiger partial charge in [0, 0.05) is 40.2 Å². The summed E-state index contributed by atoms with van der Waals surface area (Å²) in [4.78, 5) is 27.0. The Morgan fingerprint density at radius 2 is 2.24 bits per heavy atom. The Balaban J connectivity index is 2.10. The molecule has 0 radical (unpaired) electrons. The summed E-state index contributed by atoms with van der Waals surface area (Å²) in [7, 11) is 0. The summed E-state index contributed by atoms with van der Waals surface area (Å²) in [6.07, 6.45) is 0.868. The molecule has 2 aromatic rings. The highest BCUT2D eigenvalue weighted by atomic mass is 35.5. The predicted octanol–water partition coefficient (Wildman–Crippen LogP) is 2.29. The van der Waals surface area contributed by atoms with Crippen molar-refractivity contribution in [3.63, 3.8) is 0 Å². The van der Waals surface area contributed by atoms with Crippen LogP contribution in [-0.4, -0.2) is 29.1 Å². The van der Waals surface area contributed by atoms with Crippen molar-refractivity contribution < 1.29 is 4.79 Å². The molecule has 1 aromatic heterocycles. The van der Waals surface area contributed by atoms with Gasteiger partial charge in [-0.15, -0.1) is 11.6 Å². The van der Waals surface area contributed by atoms with E-state index in [0.29, 0.717) is 18.0 Å². The van der Waals surface area contributed by atoms with Crippen LogP contribution in [0, 0.1) is 0 Å². The first kappa shape index (κ1) is 14.5. The Morgan fingerprint density at radius 1 is 1.38 bits per heavy atom. The minimum absolute atomic E-state index is 0.0101. The molecule has 0 aliphatic carbocycles. The van der Waals surface area contributed by atoms with Gasteiger partial charge in [-0.05, 0) is 35.9 Å². The van der Waals surface area contributed by atoms with Gasteiger partial charge in [-0.1, -0.05) is 0 Å². The molecule has 0 saturated heterocycles. The molecule has 0 atom stereocenters. The lowest BCUT2D eigenvalue weighted by atomic mass is 9.99. The van der Waals surface area contributed by atoms with E-state index in [1.807, 2.05) is 6.07 Å².